The van der Waals surface area contributed by atoms with Gasteiger partial charge in [0.25, 0.3) is 0 Å². The van der Waals surface area contributed by atoms with Gasteiger partial charge < -0.3 is 26.6 Å². The van der Waals surface area contributed by atoms with Crippen LogP contribution in [0.15, 0.2) is 36.4 Å². The highest BCUT2D eigenvalue weighted by atomic mass is 35.5. The standard InChI is InChI=1S/C19H20NO4.ClH/c1-22-16-10-15(11-17(23-2)18(16)24-3)19(21)20-9-8-13-6-4-5-7-14(13)12-20;/h4-7,10-12H,8-9H2,1-3H3;1H/q+1;/p-1. The fraction of sp³-hybridized carbons (Fsp3) is 0.263. The molecule has 5 nitrogen and oxygen atoms in total. The monoisotopic (exact) mass is 361 g/mol. The van der Waals surface area contributed by atoms with E-state index in [-0.39, 0.29) is 18.3 Å². The topological polar surface area (TPSA) is 47.8 Å². The lowest BCUT2D eigenvalue weighted by molar-refractivity contribution is -0.424. The molecule has 0 radical (unpaired) electrons. The number of carbonyl (C=O) groups is 1. The molecule has 2 aromatic carbocycles. The summed E-state index contributed by atoms with van der Waals surface area (Å²) in [4.78, 5) is 12.9. The van der Waals surface area contributed by atoms with Crippen LogP contribution in [0.5, 0.6) is 17.2 Å². The van der Waals surface area contributed by atoms with E-state index >= 15 is 0 Å². The Balaban J connectivity index is 0.00000225. The summed E-state index contributed by atoms with van der Waals surface area (Å²) in [6.45, 7) is 0.645. The first-order chi connectivity index (χ1) is 11.7. The van der Waals surface area contributed by atoms with E-state index in [0.29, 0.717) is 29.4 Å². The molecule has 0 spiro atoms. The van der Waals surface area contributed by atoms with Crippen molar-refractivity contribution in [2.45, 2.75) is 6.42 Å². The van der Waals surface area contributed by atoms with Gasteiger partial charge in [-0.05, 0) is 11.6 Å². The quantitative estimate of drug-likeness (QED) is 0.692. The number of hydrogen-bond donors (Lipinski definition) is 0. The van der Waals surface area contributed by atoms with E-state index < -0.39 is 0 Å². The van der Waals surface area contributed by atoms with Crippen LogP contribution in [0.4, 0.5) is 0 Å². The summed E-state index contributed by atoms with van der Waals surface area (Å²) in [5.74, 6) is 1.32. The lowest BCUT2D eigenvalue weighted by atomic mass is 10.0. The average molecular weight is 362 g/mol. The zero-order valence-electron chi connectivity index (χ0n) is 14.4. The van der Waals surface area contributed by atoms with Crippen LogP contribution in [0.25, 0.3) is 0 Å². The van der Waals surface area contributed by atoms with Gasteiger partial charge in [0.1, 0.15) is 0 Å². The summed E-state index contributed by atoms with van der Waals surface area (Å²) < 4.78 is 17.7. The van der Waals surface area contributed by atoms with E-state index in [1.165, 1.54) is 26.9 Å². The Bertz CT molecular complexity index is 792. The van der Waals surface area contributed by atoms with E-state index in [1.807, 2.05) is 24.4 Å². The Morgan fingerprint density at radius 2 is 1.64 bits per heavy atom. The van der Waals surface area contributed by atoms with Crippen LogP contribution in [0.1, 0.15) is 21.5 Å². The number of rotatable bonds is 4. The fourth-order valence-electron chi connectivity index (χ4n) is 2.89. The molecule has 1 heterocycles. The zero-order valence-corrected chi connectivity index (χ0v) is 15.2. The molecule has 1 aliphatic heterocycles. The van der Waals surface area contributed by atoms with Gasteiger partial charge in [0.2, 0.25) is 5.75 Å². The highest BCUT2D eigenvalue weighted by Gasteiger charge is 2.27. The minimum atomic E-state index is -0.0937. The summed E-state index contributed by atoms with van der Waals surface area (Å²) in [5.41, 5.74) is 2.83. The van der Waals surface area contributed by atoms with Gasteiger partial charge in [-0.3, -0.25) is 0 Å². The molecule has 1 amide bonds. The number of fused-ring (bicyclic) bond motifs is 1. The Morgan fingerprint density at radius 3 is 2.24 bits per heavy atom. The number of hydrogen-bond acceptors (Lipinski definition) is 4. The van der Waals surface area contributed by atoms with Crippen LogP contribution in [0.2, 0.25) is 0 Å². The summed E-state index contributed by atoms with van der Waals surface area (Å²) >= 11 is 0. The Hall–Kier alpha value is -2.53. The normalized spacial score (nSPS) is 12.4. The molecule has 1 aliphatic rings. The van der Waals surface area contributed by atoms with Crippen molar-refractivity contribution in [1.82, 2.24) is 0 Å². The molecule has 25 heavy (non-hydrogen) atoms. The van der Waals surface area contributed by atoms with Gasteiger partial charge in [-0.25, -0.2) is 4.79 Å². The molecule has 132 valence electrons. The number of nitrogens with zero attached hydrogens (tertiary/aromatic N) is 1. The molecule has 0 aliphatic carbocycles. The number of methoxy groups -OCH3 is 3. The van der Waals surface area contributed by atoms with E-state index in [0.717, 1.165) is 12.0 Å². The maximum atomic E-state index is 12.9. The molecular weight excluding hydrogens is 342 g/mol. The third-order valence-corrected chi connectivity index (χ3v) is 4.14. The van der Waals surface area contributed by atoms with Crippen LogP contribution in [-0.4, -0.2) is 44.6 Å². The lowest BCUT2D eigenvalue weighted by Crippen LogP contribution is -3.00. The van der Waals surface area contributed by atoms with Crippen LogP contribution in [0, 0.1) is 0 Å². The molecule has 0 unspecified atom stereocenters. The van der Waals surface area contributed by atoms with Gasteiger partial charge in [-0.2, -0.15) is 4.58 Å². The second-order valence-electron chi connectivity index (χ2n) is 5.49. The minimum absolute atomic E-state index is 0. The summed E-state index contributed by atoms with van der Waals surface area (Å²) in [7, 11) is 4.61. The van der Waals surface area contributed by atoms with Crippen molar-refractivity contribution in [2.75, 3.05) is 27.9 Å². The van der Waals surface area contributed by atoms with Gasteiger partial charge in [0.15, 0.2) is 24.3 Å². The van der Waals surface area contributed by atoms with Crippen LogP contribution < -0.4 is 26.6 Å². The number of carbonyl (C=O) groups excluding carboxylic acids is 1. The zero-order chi connectivity index (χ0) is 17.1. The first kappa shape index (κ1) is 18.8. The van der Waals surface area contributed by atoms with Gasteiger partial charge >= 0.3 is 5.91 Å². The molecule has 3 rings (SSSR count). The van der Waals surface area contributed by atoms with Crippen LogP contribution >= 0.6 is 0 Å². The van der Waals surface area contributed by atoms with Crippen molar-refractivity contribution in [2.24, 2.45) is 0 Å². The Kier molecular flexibility index (Phi) is 6.04. The van der Waals surface area contributed by atoms with Crippen molar-refractivity contribution in [3.8, 4) is 17.2 Å². The van der Waals surface area contributed by atoms with Crippen molar-refractivity contribution in [3.05, 3.63) is 53.1 Å². The van der Waals surface area contributed by atoms with Gasteiger partial charge in [0.05, 0.1) is 26.9 Å². The third-order valence-electron chi connectivity index (χ3n) is 4.14. The Labute approximate surface area is 153 Å². The highest BCUT2D eigenvalue weighted by Crippen LogP contribution is 2.38. The maximum Gasteiger partial charge on any atom is 0.419 e. The van der Waals surface area contributed by atoms with Gasteiger partial charge in [0, 0.05) is 24.1 Å². The Morgan fingerprint density at radius 1 is 1.00 bits per heavy atom. The summed E-state index contributed by atoms with van der Waals surface area (Å²) in [6.07, 6.45) is 2.73. The first-order valence-corrected chi connectivity index (χ1v) is 7.71. The number of benzene rings is 2. The largest absolute Gasteiger partial charge is 1.00 e. The van der Waals surface area contributed by atoms with Gasteiger partial charge in [-0.1, -0.05) is 18.2 Å². The lowest BCUT2D eigenvalue weighted by Gasteiger charge is -2.14. The predicted octanol–water partition coefficient (Wildman–Crippen LogP) is -0.456. The second-order valence-corrected chi connectivity index (χ2v) is 5.49. The molecular formula is C19H20ClNO4. The highest BCUT2D eigenvalue weighted by molar-refractivity contribution is 5.94. The second kappa shape index (κ2) is 8.03. The molecule has 6 heteroatoms. The summed E-state index contributed by atoms with van der Waals surface area (Å²) in [6, 6.07) is 11.5. The molecule has 0 saturated heterocycles. The molecule has 0 aromatic heterocycles. The van der Waals surface area contributed by atoms with E-state index in [1.54, 1.807) is 16.7 Å². The van der Waals surface area contributed by atoms with Crippen molar-refractivity contribution >= 4 is 12.1 Å². The van der Waals surface area contributed by atoms with Crippen LogP contribution in [-0.2, 0) is 6.42 Å². The SMILES string of the molecule is COc1cc(C(=O)[N+]2=Cc3ccccc3CC2)cc(OC)c1OC.[Cl-]. The maximum absolute atomic E-state index is 12.9. The molecule has 0 atom stereocenters. The fourth-order valence-corrected chi connectivity index (χ4v) is 2.89. The van der Waals surface area contributed by atoms with Gasteiger partial charge in [-0.15, -0.1) is 0 Å². The molecule has 2 aromatic rings. The first-order valence-electron chi connectivity index (χ1n) is 7.71. The van der Waals surface area contributed by atoms with Crippen LogP contribution in [0.3, 0.4) is 0 Å². The average Bonchev–Trinajstić information content (AvgIpc) is 2.65. The van der Waals surface area contributed by atoms with Crippen molar-refractivity contribution in [1.29, 1.82) is 0 Å². The molecule has 0 bridgehead atoms. The third kappa shape index (κ3) is 3.61. The summed E-state index contributed by atoms with van der Waals surface area (Å²) in [5, 5.41) is 0. The smallest absolute Gasteiger partial charge is 0.419 e. The number of halogens is 1. The minimum Gasteiger partial charge on any atom is -1.00 e. The van der Waals surface area contributed by atoms with E-state index in [2.05, 4.69) is 6.07 Å². The number of ether oxygens (including phenoxy) is 3. The van der Waals surface area contributed by atoms with Crippen molar-refractivity contribution < 1.29 is 36.0 Å². The van der Waals surface area contributed by atoms with E-state index in [9.17, 15) is 4.79 Å². The molecule has 0 fully saturated rings. The van der Waals surface area contributed by atoms with E-state index in [4.69, 9.17) is 14.2 Å². The van der Waals surface area contributed by atoms with Crippen molar-refractivity contribution in [3.63, 3.8) is 0 Å². The predicted molar refractivity (Wildman–Crippen MR) is 90.9 cm³/mol. The molecule has 0 N–H and O–H groups in total. The number of amides is 1. The molecule has 0 saturated carbocycles.